The molecule has 0 aromatic rings. The Morgan fingerprint density at radius 1 is 1.67 bits per heavy atom. The third-order valence-corrected chi connectivity index (χ3v) is 1.07. The lowest BCUT2D eigenvalue weighted by atomic mass is 10.5. The van der Waals surface area contributed by atoms with Crippen LogP contribution in [-0.2, 0) is 0 Å². The van der Waals surface area contributed by atoms with Gasteiger partial charge in [-0.15, -0.1) is 12.6 Å². The average Bonchev–Trinajstić information content (AvgIpc) is 1.83. The number of aliphatic imine (C=N–C) groups is 1. The molecule has 50 valence electrons. The van der Waals surface area contributed by atoms with E-state index in [0.29, 0.717) is 10.1 Å². The largest absolute Gasteiger partial charge is 0.277 e. The average molecular weight is 162 g/mol. The van der Waals surface area contributed by atoms with Gasteiger partial charge >= 0.3 is 0 Å². The van der Waals surface area contributed by atoms with Crippen LogP contribution in [0.15, 0.2) is 28.6 Å². The quantitative estimate of drug-likeness (QED) is 0.363. The predicted octanol–water partition coefficient (Wildman–Crippen LogP) is 2.25. The van der Waals surface area contributed by atoms with E-state index < -0.39 is 0 Å². The Balaban J connectivity index is 3.86. The van der Waals surface area contributed by atoms with Gasteiger partial charge in [0.2, 0.25) is 0 Å². The Bertz CT molecular complexity index is 160. The summed E-state index contributed by atoms with van der Waals surface area (Å²) in [5.41, 5.74) is 0. The maximum Gasteiger partial charge on any atom is 0.123 e. The lowest BCUT2D eigenvalue weighted by molar-refractivity contribution is 1.47. The van der Waals surface area contributed by atoms with E-state index in [-0.39, 0.29) is 0 Å². The molecule has 0 aromatic carbocycles. The number of halogens is 1. The van der Waals surface area contributed by atoms with Crippen LogP contribution in [0.5, 0.6) is 0 Å². The maximum absolute atomic E-state index is 5.50. The Labute approximate surface area is 65.5 Å². The fraction of sp³-hybridized carbons (Fsp3) is 0.167. The molecule has 1 nitrogen and oxygen atoms in total. The molecule has 3 heteroatoms. The Hall–Kier alpha value is -0.210. The predicted molar refractivity (Wildman–Crippen MR) is 46.5 cm³/mol. The van der Waals surface area contributed by atoms with Gasteiger partial charge in [0.15, 0.2) is 0 Å². The molecule has 0 unspecified atom stereocenters. The van der Waals surface area contributed by atoms with Crippen molar-refractivity contribution in [3.63, 3.8) is 0 Å². The molecular weight excluding hydrogens is 154 g/mol. The first kappa shape index (κ1) is 8.79. The second-order valence-electron chi connectivity index (χ2n) is 1.37. The standard InChI is InChI=1S/C6H8ClNS/c1-5(9)3-4-6(7)8-2/h3-4,9H,1H2,2H3/b4-3-,8-6+. The highest BCUT2D eigenvalue weighted by Crippen LogP contribution is 1.98. The molecule has 0 radical (unpaired) electrons. The van der Waals surface area contributed by atoms with Gasteiger partial charge in [-0.1, -0.05) is 18.2 Å². The van der Waals surface area contributed by atoms with Crippen molar-refractivity contribution in [2.24, 2.45) is 4.99 Å². The van der Waals surface area contributed by atoms with E-state index in [1.54, 1.807) is 19.2 Å². The minimum Gasteiger partial charge on any atom is -0.277 e. The molecule has 9 heavy (non-hydrogen) atoms. The SMILES string of the molecule is C=C(S)/C=C\C(Cl)=N/C. The van der Waals surface area contributed by atoms with E-state index in [1.807, 2.05) is 0 Å². The highest BCUT2D eigenvalue weighted by molar-refractivity contribution is 7.84. The molecule has 0 fully saturated rings. The molecule has 0 spiro atoms. The zero-order chi connectivity index (χ0) is 7.28. The second-order valence-corrected chi connectivity index (χ2v) is 2.33. The van der Waals surface area contributed by atoms with Crippen molar-refractivity contribution >= 4 is 29.4 Å². The maximum atomic E-state index is 5.50. The van der Waals surface area contributed by atoms with Gasteiger partial charge in [0.05, 0.1) is 0 Å². The minimum absolute atomic E-state index is 0.449. The number of thiol groups is 1. The summed E-state index contributed by atoms with van der Waals surface area (Å²) in [5, 5.41) is 0.449. The third kappa shape index (κ3) is 5.66. The molecular formula is C6H8ClNS. The molecule has 0 amide bonds. The number of rotatable bonds is 2. The number of allylic oxidation sites excluding steroid dienone is 2. The van der Waals surface area contributed by atoms with E-state index in [0.717, 1.165) is 0 Å². The number of hydrogen-bond acceptors (Lipinski definition) is 2. The van der Waals surface area contributed by atoms with Crippen LogP contribution in [0.2, 0.25) is 0 Å². The van der Waals surface area contributed by atoms with Gasteiger partial charge in [-0.25, -0.2) is 0 Å². The molecule has 0 atom stereocenters. The van der Waals surface area contributed by atoms with Crippen molar-refractivity contribution < 1.29 is 0 Å². The van der Waals surface area contributed by atoms with Crippen molar-refractivity contribution in [1.82, 2.24) is 0 Å². The van der Waals surface area contributed by atoms with Gasteiger partial charge in [0, 0.05) is 7.05 Å². The van der Waals surface area contributed by atoms with Crippen LogP contribution >= 0.6 is 24.2 Å². The molecule has 0 saturated heterocycles. The van der Waals surface area contributed by atoms with Crippen LogP contribution in [0.3, 0.4) is 0 Å². The Morgan fingerprint density at radius 2 is 2.22 bits per heavy atom. The van der Waals surface area contributed by atoms with E-state index in [4.69, 9.17) is 11.6 Å². The lowest BCUT2D eigenvalue weighted by Crippen LogP contribution is -1.76. The van der Waals surface area contributed by atoms with Crippen LogP contribution in [0.25, 0.3) is 0 Å². The first-order valence-electron chi connectivity index (χ1n) is 2.35. The Morgan fingerprint density at radius 3 is 2.56 bits per heavy atom. The van der Waals surface area contributed by atoms with Crippen LogP contribution in [-0.4, -0.2) is 12.2 Å². The van der Waals surface area contributed by atoms with E-state index in [1.165, 1.54) is 0 Å². The molecule has 0 aliphatic carbocycles. The van der Waals surface area contributed by atoms with Crippen LogP contribution in [0.4, 0.5) is 0 Å². The summed E-state index contributed by atoms with van der Waals surface area (Å²) in [5.74, 6) is 0. The molecule has 0 bridgehead atoms. The normalized spacial score (nSPS) is 12.6. The van der Waals surface area contributed by atoms with E-state index >= 15 is 0 Å². The first-order valence-corrected chi connectivity index (χ1v) is 3.17. The monoisotopic (exact) mass is 161 g/mol. The van der Waals surface area contributed by atoms with Gasteiger partial charge < -0.3 is 0 Å². The summed E-state index contributed by atoms with van der Waals surface area (Å²) in [6.45, 7) is 3.53. The van der Waals surface area contributed by atoms with Crippen molar-refractivity contribution in [1.29, 1.82) is 0 Å². The molecule has 0 aliphatic rings. The Kier molecular flexibility index (Phi) is 4.54. The summed E-state index contributed by atoms with van der Waals surface area (Å²) in [6, 6.07) is 0. The molecule has 0 heterocycles. The summed E-state index contributed by atoms with van der Waals surface area (Å²) in [7, 11) is 1.62. The number of hydrogen-bond donors (Lipinski definition) is 1. The molecule has 0 saturated carbocycles. The van der Waals surface area contributed by atoms with Crippen molar-refractivity contribution in [3.8, 4) is 0 Å². The van der Waals surface area contributed by atoms with Crippen LogP contribution in [0, 0.1) is 0 Å². The smallest absolute Gasteiger partial charge is 0.123 e. The van der Waals surface area contributed by atoms with Crippen LogP contribution < -0.4 is 0 Å². The molecule has 0 N–H and O–H groups in total. The summed E-state index contributed by atoms with van der Waals surface area (Å²) in [6.07, 6.45) is 3.31. The van der Waals surface area contributed by atoms with Crippen molar-refractivity contribution in [2.45, 2.75) is 0 Å². The highest BCUT2D eigenvalue weighted by Gasteiger charge is 1.80. The zero-order valence-corrected chi connectivity index (χ0v) is 6.78. The third-order valence-electron chi connectivity index (χ3n) is 0.627. The first-order chi connectivity index (χ1) is 4.16. The summed E-state index contributed by atoms with van der Waals surface area (Å²) < 4.78 is 0. The fourth-order valence-corrected chi connectivity index (χ4v) is 0.377. The van der Waals surface area contributed by atoms with Crippen LogP contribution in [0.1, 0.15) is 0 Å². The van der Waals surface area contributed by atoms with E-state index in [2.05, 4.69) is 24.2 Å². The van der Waals surface area contributed by atoms with Gasteiger partial charge in [-0.3, -0.25) is 4.99 Å². The van der Waals surface area contributed by atoms with Gasteiger partial charge in [0.25, 0.3) is 0 Å². The molecule has 0 rings (SSSR count). The van der Waals surface area contributed by atoms with Gasteiger partial charge in [-0.05, 0) is 17.1 Å². The van der Waals surface area contributed by atoms with E-state index in [9.17, 15) is 0 Å². The fourth-order valence-electron chi connectivity index (χ4n) is 0.239. The minimum atomic E-state index is 0.449. The lowest BCUT2D eigenvalue weighted by Gasteiger charge is -1.83. The van der Waals surface area contributed by atoms with Crippen molar-refractivity contribution in [3.05, 3.63) is 23.6 Å². The number of nitrogens with zero attached hydrogens (tertiary/aromatic N) is 1. The van der Waals surface area contributed by atoms with Gasteiger partial charge in [0.1, 0.15) is 5.17 Å². The topological polar surface area (TPSA) is 12.4 Å². The van der Waals surface area contributed by atoms with Crippen molar-refractivity contribution in [2.75, 3.05) is 7.05 Å². The molecule has 0 aliphatic heterocycles. The highest BCUT2D eigenvalue weighted by atomic mass is 35.5. The zero-order valence-electron chi connectivity index (χ0n) is 5.13. The van der Waals surface area contributed by atoms with Gasteiger partial charge in [-0.2, -0.15) is 0 Å². The molecule has 0 aromatic heterocycles. The second kappa shape index (κ2) is 4.65. The summed E-state index contributed by atoms with van der Waals surface area (Å²) >= 11 is 9.41. The summed E-state index contributed by atoms with van der Waals surface area (Å²) in [4.78, 5) is 4.34.